The van der Waals surface area contributed by atoms with Gasteiger partial charge in [-0.25, -0.2) is 4.39 Å². The molecule has 2 nitrogen and oxygen atoms in total. The summed E-state index contributed by atoms with van der Waals surface area (Å²) in [6.07, 6.45) is 0.690. The fourth-order valence-corrected chi connectivity index (χ4v) is 1.88. The van der Waals surface area contributed by atoms with Crippen LogP contribution in [-0.2, 0) is 17.8 Å². The molecule has 100 valence electrons. The Balaban J connectivity index is 1.73. The normalized spacial score (nSPS) is 12.3. The van der Waals surface area contributed by atoms with Crippen molar-refractivity contribution in [2.75, 3.05) is 6.61 Å². The quantitative estimate of drug-likeness (QED) is 0.865. The minimum absolute atomic E-state index is 0.0748. The molecule has 0 saturated heterocycles. The molecule has 0 heterocycles. The zero-order valence-corrected chi connectivity index (χ0v) is 10.8. The molecular weight excluding hydrogens is 241 g/mol. The van der Waals surface area contributed by atoms with Gasteiger partial charge in [0, 0.05) is 6.04 Å². The minimum Gasteiger partial charge on any atom is -0.375 e. The highest BCUT2D eigenvalue weighted by molar-refractivity contribution is 5.17. The van der Waals surface area contributed by atoms with E-state index in [9.17, 15) is 4.39 Å². The van der Waals surface area contributed by atoms with Gasteiger partial charge in [-0.2, -0.15) is 0 Å². The van der Waals surface area contributed by atoms with Gasteiger partial charge in [-0.15, -0.1) is 0 Å². The summed E-state index contributed by atoms with van der Waals surface area (Å²) in [6.45, 7) is 1.06. The van der Waals surface area contributed by atoms with Crippen LogP contribution in [0.3, 0.4) is 0 Å². The molecule has 0 radical (unpaired) electrons. The summed E-state index contributed by atoms with van der Waals surface area (Å²) < 4.78 is 18.3. The average Bonchev–Trinajstić information content (AvgIpc) is 2.43. The van der Waals surface area contributed by atoms with E-state index in [2.05, 4.69) is 0 Å². The third-order valence-corrected chi connectivity index (χ3v) is 2.85. The van der Waals surface area contributed by atoms with Crippen LogP contribution >= 0.6 is 0 Å². The van der Waals surface area contributed by atoms with Crippen molar-refractivity contribution >= 4 is 0 Å². The summed E-state index contributed by atoms with van der Waals surface area (Å²) in [4.78, 5) is 0. The van der Waals surface area contributed by atoms with Crippen LogP contribution in [0.2, 0.25) is 0 Å². The van der Waals surface area contributed by atoms with Gasteiger partial charge in [0.25, 0.3) is 0 Å². The maximum absolute atomic E-state index is 12.8. The molecule has 0 aromatic heterocycles. The number of halogens is 1. The molecule has 0 aliphatic rings. The van der Waals surface area contributed by atoms with Crippen LogP contribution in [-0.4, -0.2) is 12.6 Å². The Bertz CT molecular complexity index is 484. The van der Waals surface area contributed by atoms with E-state index in [1.54, 1.807) is 12.1 Å². The van der Waals surface area contributed by atoms with E-state index < -0.39 is 0 Å². The lowest BCUT2D eigenvalue weighted by Gasteiger charge is -2.12. The summed E-state index contributed by atoms with van der Waals surface area (Å²) in [6, 6.07) is 16.3. The Morgan fingerprint density at radius 2 is 1.63 bits per heavy atom. The second-order valence-electron chi connectivity index (χ2n) is 4.59. The number of hydrogen-bond donors (Lipinski definition) is 1. The third-order valence-electron chi connectivity index (χ3n) is 2.85. The van der Waals surface area contributed by atoms with Crippen LogP contribution in [0.15, 0.2) is 54.6 Å². The van der Waals surface area contributed by atoms with Gasteiger partial charge in [-0.1, -0.05) is 42.5 Å². The van der Waals surface area contributed by atoms with E-state index in [1.807, 2.05) is 30.3 Å². The number of nitrogens with two attached hydrogens (primary N) is 1. The molecule has 0 amide bonds. The Kier molecular flexibility index (Phi) is 5.07. The zero-order chi connectivity index (χ0) is 13.5. The van der Waals surface area contributed by atoms with E-state index in [1.165, 1.54) is 12.1 Å². The first kappa shape index (κ1) is 13.7. The summed E-state index contributed by atoms with van der Waals surface area (Å²) in [5.41, 5.74) is 8.15. The molecule has 2 N–H and O–H groups in total. The fourth-order valence-electron chi connectivity index (χ4n) is 1.88. The Hall–Kier alpha value is -1.71. The molecule has 0 fully saturated rings. The van der Waals surface area contributed by atoms with Gasteiger partial charge in [0.15, 0.2) is 0 Å². The summed E-state index contributed by atoms with van der Waals surface area (Å²) >= 11 is 0. The van der Waals surface area contributed by atoms with Gasteiger partial charge < -0.3 is 10.5 Å². The zero-order valence-electron chi connectivity index (χ0n) is 10.8. The van der Waals surface area contributed by atoms with Crippen LogP contribution in [0, 0.1) is 5.82 Å². The maximum Gasteiger partial charge on any atom is 0.123 e. The highest BCUT2D eigenvalue weighted by Gasteiger charge is 2.04. The van der Waals surface area contributed by atoms with Crippen molar-refractivity contribution in [1.82, 2.24) is 0 Å². The average molecular weight is 259 g/mol. The predicted octanol–water partition coefficient (Wildman–Crippen LogP) is 2.91. The van der Waals surface area contributed by atoms with Crippen molar-refractivity contribution < 1.29 is 9.13 Å². The lowest BCUT2D eigenvalue weighted by atomic mass is 10.1. The highest BCUT2D eigenvalue weighted by atomic mass is 19.1. The van der Waals surface area contributed by atoms with Crippen LogP contribution in [0.25, 0.3) is 0 Å². The first-order valence-corrected chi connectivity index (χ1v) is 6.36. The molecule has 2 aromatic rings. The number of benzene rings is 2. The summed E-state index contributed by atoms with van der Waals surface area (Å²) in [5, 5.41) is 0. The molecule has 3 heteroatoms. The first-order valence-electron chi connectivity index (χ1n) is 6.36. The number of ether oxygens (including phenoxy) is 1. The highest BCUT2D eigenvalue weighted by Crippen LogP contribution is 2.06. The summed E-state index contributed by atoms with van der Waals surface area (Å²) in [5.74, 6) is -0.224. The second-order valence-corrected chi connectivity index (χ2v) is 4.59. The smallest absolute Gasteiger partial charge is 0.123 e. The topological polar surface area (TPSA) is 35.2 Å². The lowest BCUT2D eigenvalue weighted by Crippen LogP contribution is -2.28. The first-order chi connectivity index (χ1) is 9.24. The van der Waals surface area contributed by atoms with Crippen molar-refractivity contribution in [2.45, 2.75) is 19.1 Å². The maximum atomic E-state index is 12.8. The largest absolute Gasteiger partial charge is 0.375 e. The SMILES string of the molecule is N[C@@H](COCc1ccccc1)Cc1ccc(F)cc1. The van der Waals surface area contributed by atoms with E-state index in [0.717, 1.165) is 11.1 Å². The van der Waals surface area contributed by atoms with E-state index in [0.29, 0.717) is 19.6 Å². The molecule has 0 aliphatic heterocycles. The lowest BCUT2D eigenvalue weighted by molar-refractivity contribution is 0.108. The van der Waals surface area contributed by atoms with Gasteiger partial charge in [0.1, 0.15) is 5.82 Å². The molecule has 0 bridgehead atoms. The van der Waals surface area contributed by atoms with Crippen LogP contribution < -0.4 is 5.73 Å². The standard InChI is InChI=1S/C16H18FNO/c17-15-8-6-13(7-9-15)10-16(18)12-19-11-14-4-2-1-3-5-14/h1-9,16H,10-12,18H2/t16-/m1/s1. The van der Waals surface area contributed by atoms with Crippen molar-refractivity contribution in [3.63, 3.8) is 0 Å². The molecular formula is C16H18FNO. The third kappa shape index (κ3) is 4.81. The van der Waals surface area contributed by atoms with Crippen LogP contribution in [0.1, 0.15) is 11.1 Å². The Morgan fingerprint density at radius 3 is 2.32 bits per heavy atom. The van der Waals surface area contributed by atoms with E-state index in [4.69, 9.17) is 10.5 Å². The van der Waals surface area contributed by atoms with Crippen molar-refractivity contribution in [2.24, 2.45) is 5.73 Å². The second kappa shape index (κ2) is 7.02. The van der Waals surface area contributed by atoms with Crippen molar-refractivity contribution in [1.29, 1.82) is 0 Å². The Morgan fingerprint density at radius 1 is 0.947 bits per heavy atom. The number of rotatable bonds is 6. The van der Waals surface area contributed by atoms with E-state index in [-0.39, 0.29) is 11.9 Å². The monoisotopic (exact) mass is 259 g/mol. The van der Waals surface area contributed by atoms with Crippen molar-refractivity contribution in [3.8, 4) is 0 Å². The van der Waals surface area contributed by atoms with Gasteiger partial charge >= 0.3 is 0 Å². The van der Waals surface area contributed by atoms with E-state index >= 15 is 0 Å². The van der Waals surface area contributed by atoms with Gasteiger partial charge in [-0.05, 0) is 29.7 Å². The molecule has 1 atom stereocenters. The molecule has 2 rings (SSSR count). The number of hydrogen-bond acceptors (Lipinski definition) is 2. The predicted molar refractivity (Wildman–Crippen MR) is 74.2 cm³/mol. The molecule has 0 unspecified atom stereocenters. The van der Waals surface area contributed by atoms with Gasteiger partial charge in [-0.3, -0.25) is 0 Å². The van der Waals surface area contributed by atoms with Crippen molar-refractivity contribution in [3.05, 3.63) is 71.5 Å². The van der Waals surface area contributed by atoms with Gasteiger partial charge in [0.2, 0.25) is 0 Å². The minimum atomic E-state index is -0.224. The fraction of sp³-hybridized carbons (Fsp3) is 0.250. The molecule has 2 aromatic carbocycles. The Labute approximate surface area is 113 Å². The molecule has 0 aliphatic carbocycles. The molecule has 0 spiro atoms. The van der Waals surface area contributed by atoms with Crippen LogP contribution in [0.5, 0.6) is 0 Å². The van der Waals surface area contributed by atoms with Crippen LogP contribution in [0.4, 0.5) is 4.39 Å². The summed E-state index contributed by atoms with van der Waals surface area (Å²) in [7, 11) is 0. The molecule has 0 saturated carbocycles. The van der Waals surface area contributed by atoms with Gasteiger partial charge in [0.05, 0.1) is 13.2 Å². The molecule has 19 heavy (non-hydrogen) atoms.